The summed E-state index contributed by atoms with van der Waals surface area (Å²) in [6.45, 7) is 8.12. The van der Waals surface area contributed by atoms with Gasteiger partial charge in [-0.1, -0.05) is 68.1 Å². The van der Waals surface area contributed by atoms with Crippen molar-refractivity contribution >= 4 is 14.2 Å². The smallest absolute Gasteiger partial charge is 0.410 e. The molecule has 3 atom stereocenters. The van der Waals surface area contributed by atoms with Crippen LogP contribution in [0.5, 0.6) is 5.75 Å². The van der Waals surface area contributed by atoms with Crippen molar-refractivity contribution in [1.82, 2.24) is 4.90 Å². The van der Waals surface area contributed by atoms with Gasteiger partial charge < -0.3 is 9.64 Å². The molecule has 3 aliphatic rings. The number of rotatable bonds is 3. The number of fused-ring (bicyclic) bond motifs is 2. The molecular weight excluding hydrogens is 338 g/mol. The van der Waals surface area contributed by atoms with E-state index in [1.807, 2.05) is 35.2 Å². The number of hydrogen-bond donors (Lipinski definition) is 0. The van der Waals surface area contributed by atoms with Crippen LogP contribution in [0.2, 0.25) is 25.7 Å². The fraction of sp³-hybridized carbons (Fsp3) is 0.409. The summed E-state index contributed by atoms with van der Waals surface area (Å²) < 4.78 is 5.65. The Morgan fingerprint density at radius 1 is 1.04 bits per heavy atom. The van der Waals surface area contributed by atoms with E-state index < -0.39 is 8.07 Å². The van der Waals surface area contributed by atoms with E-state index in [2.05, 4.69) is 43.9 Å². The van der Waals surface area contributed by atoms with Gasteiger partial charge in [-0.15, -0.1) is 0 Å². The monoisotopic (exact) mass is 365 g/mol. The SMILES string of the molecule is C[Si](C)(C)CC1CC2c3ccccc3C1CN2C(=O)Oc1ccccc1. The molecule has 1 aliphatic carbocycles. The van der Waals surface area contributed by atoms with Crippen molar-refractivity contribution in [2.24, 2.45) is 5.92 Å². The second kappa shape index (κ2) is 6.58. The molecule has 2 aromatic rings. The average molecular weight is 366 g/mol. The van der Waals surface area contributed by atoms with Crippen molar-refractivity contribution in [1.29, 1.82) is 0 Å². The van der Waals surface area contributed by atoms with Crippen LogP contribution in [0.3, 0.4) is 0 Å². The van der Waals surface area contributed by atoms with Crippen LogP contribution in [0.1, 0.15) is 29.5 Å². The van der Waals surface area contributed by atoms with Crippen LogP contribution in [0, 0.1) is 5.92 Å². The predicted molar refractivity (Wildman–Crippen MR) is 107 cm³/mol. The lowest BCUT2D eigenvalue weighted by Gasteiger charge is -2.51. The van der Waals surface area contributed by atoms with Gasteiger partial charge in [-0.3, -0.25) is 0 Å². The number of para-hydroxylation sites is 1. The van der Waals surface area contributed by atoms with E-state index in [9.17, 15) is 4.79 Å². The number of carbonyl (C=O) groups excluding carboxylic acids is 1. The van der Waals surface area contributed by atoms with Gasteiger partial charge in [-0.2, -0.15) is 0 Å². The van der Waals surface area contributed by atoms with Gasteiger partial charge in [0.1, 0.15) is 5.75 Å². The Morgan fingerprint density at radius 3 is 2.38 bits per heavy atom. The highest BCUT2D eigenvalue weighted by atomic mass is 28.3. The summed E-state index contributed by atoms with van der Waals surface area (Å²) in [4.78, 5) is 14.8. The summed E-state index contributed by atoms with van der Waals surface area (Å²) in [6.07, 6.45) is 0.850. The zero-order valence-corrected chi connectivity index (χ0v) is 16.8. The molecule has 2 aromatic carbocycles. The second-order valence-corrected chi connectivity index (χ2v) is 14.4. The molecule has 3 unspecified atom stereocenters. The molecule has 0 spiro atoms. The summed E-state index contributed by atoms with van der Waals surface area (Å²) in [5.41, 5.74) is 2.77. The number of hydrogen-bond acceptors (Lipinski definition) is 2. The van der Waals surface area contributed by atoms with Gasteiger partial charge in [0.15, 0.2) is 0 Å². The first kappa shape index (κ1) is 17.3. The summed E-state index contributed by atoms with van der Waals surface area (Å²) >= 11 is 0. The largest absolute Gasteiger partial charge is 0.415 e. The molecule has 2 bridgehead atoms. The van der Waals surface area contributed by atoms with Crippen molar-refractivity contribution < 1.29 is 9.53 Å². The van der Waals surface area contributed by atoms with Gasteiger partial charge in [-0.25, -0.2) is 4.79 Å². The van der Waals surface area contributed by atoms with Crippen molar-refractivity contribution in [2.75, 3.05) is 6.54 Å². The molecule has 2 heterocycles. The first-order valence-electron chi connectivity index (χ1n) is 9.55. The molecule has 1 saturated heterocycles. The first-order valence-corrected chi connectivity index (χ1v) is 13.3. The van der Waals surface area contributed by atoms with Crippen LogP contribution in [0.4, 0.5) is 4.79 Å². The highest BCUT2D eigenvalue weighted by Crippen LogP contribution is 2.52. The third-order valence-electron chi connectivity index (χ3n) is 5.68. The van der Waals surface area contributed by atoms with E-state index in [0.717, 1.165) is 13.0 Å². The molecule has 5 rings (SSSR count). The normalized spacial score (nSPS) is 24.3. The Hall–Kier alpha value is -2.07. The Bertz CT molecular complexity index is 799. The number of amides is 1. The Balaban J connectivity index is 1.60. The van der Waals surface area contributed by atoms with Crippen molar-refractivity contribution in [2.45, 2.75) is 44.1 Å². The molecule has 136 valence electrons. The lowest BCUT2D eigenvalue weighted by molar-refractivity contribution is 0.0736. The molecule has 26 heavy (non-hydrogen) atoms. The van der Waals surface area contributed by atoms with Gasteiger partial charge >= 0.3 is 6.09 Å². The number of nitrogens with zero attached hydrogens (tertiary/aromatic N) is 1. The zero-order chi connectivity index (χ0) is 18.3. The standard InChI is InChI=1S/C22H27NO2Si/c1-26(2,3)15-16-13-21-19-12-8-7-11-18(19)20(16)14-23(21)22(24)25-17-9-5-4-6-10-17/h4-12,16,20-21H,13-15H2,1-3H3. The van der Waals surface area contributed by atoms with E-state index in [1.54, 1.807) is 0 Å². The number of benzene rings is 2. The Kier molecular flexibility index (Phi) is 4.39. The summed E-state index contributed by atoms with van der Waals surface area (Å²) in [5, 5.41) is 0. The summed E-state index contributed by atoms with van der Waals surface area (Å²) in [7, 11) is -1.15. The van der Waals surface area contributed by atoms with Crippen molar-refractivity contribution in [3.63, 3.8) is 0 Å². The van der Waals surface area contributed by atoms with Gasteiger partial charge in [-0.05, 0) is 35.6 Å². The summed E-state index contributed by atoms with van der Waals surface area (Å²) in [6, 6.07) is 19.5. The molecule has 0 radical (unpaired) electrons. The molecule has 2 aliphatic heterocycles. The lowest BCUT2D eigenvalue weighted by atomic mass is 9.69. The molecule has 0 N–H and O–H groups in total. The maximum Gasteiger partial charge on any atom is 0.415 e. The van der Waals surface area contributed by atoms with Crippen LogP contribution in [-0.2, 0) is 0 Å². The predicted octanol–water partition coefficient (Wildman–Crippen LogP) is 5.68. The minimum Gasteiger partial charge on any atom is -0.410 e. The molecule has 3 nitrogen and oxygen atoms in total. The topological polar surface area (TPSA) is 29.5 Å². The van der Waals surface area contributed by atoms with E-state index >= 15 is 0 Å². The fourth-order valence-corrected chi connectivity index (χ4v) is 6.75. The van der Waals surface area contributed by atoms with E-state index in [-0.39, 0.29) is 12.1 Å². The maximum absolute atomic E-state index is 12.9. The molecule has 1 amide bonds. The van der Waals surface area contributed by atoms with Gasteiger partial charge in [0.2, 0.25) is 0 Å². The van der Waals surface area contributed by atoms with E-state index in [1.165, 1.54) is 17.2 Å². The second-order valence-electron chi connectivity index (χ2n) is 8.85. The first-order chi connectivity index (χ1) is 12.4. The number of ether oxygens (including phenoxy) is 1. The van der Waals surface area contributed by atoms with Crippen LogP contribution < -0.4 is 4.74 Å². The van der Waals surface area contributed by atoms with Gasteiger partial charge in [0.05, 0.1) is 6.04 Å². The molecule has 0 aromatic heterocycles. The van der Waals surface area contributed by atoms with Crippen LogP contribution >= 0.6 is 0 Å². The van der Waals surface area contributed by atoms with Crippen LogP contribution in [-0.4, -0.2) is 25.6 Å². The minimum absolute atomic E-state index is 0.147. The minimum atomic E-state index is -1.15. The average Bonchev–Trinajstić information content (AvgIpc) is 2.61. The lowest BCUT2D eigenvalue weighted by Crippen LogP contribution is -2.51. The Morgan fingerprint density at radius 2 is 1.69 bits per heavy atom. The quantitative estimate of drug-likeness (QED) is 0.655. The van der Waals surface area contributed by atoms with E-state index in [4.69, 9.17) is 4.74 Å². The highest BCUT2D eigenvalue weighted by molar-refractivity contribution is 6.76. The van der Waals surface area contributed by atoms with Gasteiger partial charge in [0, 0.05) is 20.5 Å². The number of carbonyl (C=O) groups is 1. The molecule has 0 saturated carbocycles. The molecule has 1 fully saturated rings. The third-order valence-corrected chi connectivity index (χ3v) is 7.43. The Labute approximate surface area is 157 Å². The van der Waals surface area contributed by atoms with Crippen LogP contribution in [0.25, 0.3) is 0 Å². The van der Waals surface area contributed by atoms with Crippen molar-refractivity contribution in [3.8, 4) is 5.75 Å². The van der Waals surface area contributed by atoms with Gasteiger partial charge in [0.25, 0.3) is 0 Å². The van der Waals surface area contributed by atoms with Crippen LogP contribution in [0.15, 0.2) is 54.6 Å². The van der Waals surface area contributed by atoms with Crippen molar-refractivity contribution in [3.05, 3.63) is 65.7 Å². The summed E-state index contributed by atoms with van der Waals surface area (Å²) in [5.74, 6) is 1.74. The zero-order valence-electron chi connectivity index (χ0n) is 15.8. The molecule has 4 heteroatoms. The molecular formula is C22H27NO2Si. The maximum atomic E-state index is 12.9. The number of piperidine rings is 1. The highest BCUT2D eigenvalue weighted by Gasteiger charge is 2.47. The fourth-order valence-electron chi connectivity index (χ4n) is 4.73. The third kappa shape index (κ3) is 3.30. The van der Waals surface area contributed by atoms with E-state index in [0.29, 0.717) is 17.6 Å².